The minimum atomic E-state index is -4.41. The number of thiophene rings is 1. The van der Waals surface area contributed by atoms with Crippen molar-refractivity contribution in [2.45, 2.75) is 57.0 Å². The predicted molar refractivity (Wildman–Crippen MR) is 160 cm³/mol. The Kier molecular flexibility index (Phi) is 9.08. The lowest BCUT2D eigenvalue weighted by Crippen LogP contribution is -2.40. The van der Waals surface area contributed by atoms with E-state index in [1.165, 1.54) is 49.6 Å². The Morgan fingerprint density at radius 3 is 2.48 bits per heavy atom. The number of nitrogens with one attached hydrogen (secondary N) is 2. The fourth-order valence-electron chi connectivity index (χ4n) is 5.28. The molecule has 2 aliphatic rings. The lowest BCUT2D eigenvalue weighted by atomic mass is 10.0. The number of rotatable bonds is 9. The number of hydrogen-bond donors (Lipinski definition) is 2. The van der Waals surface area contributed by atoms with Crippen LogP contribution in [0.15, 0.2) is 36.4 Å². The second-order valence-corrected chi connectivity index (χ2v) is 15.4. The number of hydrogen-bond acceptors (Lipinski definition) is 6. The van der Waals surface area contributed by atoms with Crippen molar-refractivity contribution in [3.63, 3.8) is 0 Å². The van der Waals surface area contributed by atoms with Gasteiger partial charge in [0.1, 0.15) is 12.9 Å². The predicted octanol–water partition coefficient (Wildman–Crippen LogP) is 7.36. The zero-order chi connectivity index (χ0) is 30.1. The largest absolute Gasteiger partial charge is 0.433 e. The van der Waals surface area contributed by atoms with Crippen LogP contribution in [-0.4, -0.2) is 62.7 Å². The smallest absolute Gasteiger partial charge is 0.393 e. The molecule has 0 unspecified atom stereocenters. The molecule has 2 heterocycles. The van der Waals surface area contributed by atoms with Crippen molar-refractivity contribution in [1.29, 1.82) is 0 Å². The number of anilines is 2. The van der Waals surface area contributed by atoms with E-state index in [1.807, 2.05) is 6.07 Å². The van der Waals surface area contributed by atoms with Gasteiger partial charge in [0.05, 0.1) is 33.9 Å². The highest BCUT2D eigenvalue weighted by atomic mass is 32.1. The molecule has 1 saturated heterocycles. The Labute approximate surface area is 246 Å². The lowest BCUT2D eigenvalue weighted by molar-refractivity contribution is -0.126. The maximum Gasteiger partial charge on any atom is 0.393 e. The molecule has 0 atom stereocenters. The fraction of sp³-hybridized carbons (Fsp3) is 0.467. The molecular weight excluding hydrogens is 592 g/mol. The topological polar surface area (TPSA) is 53.6 Å². The normalized spacial score (nSPS) is 16.9. The first-order valence-corrected chi connectivity index (χ1v) is 17.3. The van der Waals surface area contributed by atoms with E-state index in [-0.39, 0.29) is 29.6 Å². The zero-order valence-corrected chi connectivity index (χ0v) is 25.1. The Morgan fingerprint density at radius 1 is 1.10 bits per heavy atom. The summed E-state index contributed by atoms with van der Waals surface area (Å²) in [4.78, 5) is 2.84. The third-order valence-electron chi connectivity index (χ3n) is 7.52. The molecule has 12 heteroatoms. The van der Waals surface area contributed by atoms with E-state index < -0.39 is 26.4 Å². The number of ether oxygens (including phenoxy) is 1. The number of nitrogens with zero attached hydrogens (tertiary/aromatic N) is 1. The van der Waals surface area contributed by atoms with E-state index in [4.69, 9.17) is 0 Å². The Morgan fingerprint density at radius 2 is 1.83 bits per heavy atom. The molecule has 1 aromatic heterocycles. The van der Waals surface area contributed by atoms with Crippen molar-refractivity contribution in [3.8, 4) is 17.6 Å². The van der Waals surface area contributed by atoms with Gasteiger partial charge in [0, 0.05) is 30.5 Å². The van der Waals surface area contributed by atoms with Crippen LogP contribution in [0.4, 0.5) is 33.3 Å². The molecule has 226 valence electrons. The number of halogens is 5. The van der Waals surface area contributed by atoms with Gasteiger partial charge in [-0.2, -0.15) is 22.0 Å². The van der Waals surface area contributed by atoms with E-state index in [9.17, 15) is 26.5 Å². The lowest BCUT2D eigenvalue weighted by Gasteiger charge is -2.33. The molecule has 1 aliphatic heterocycles. The molecule has 2 aromatic carbocycles. The van der Waals surface area contributed by atoms with E-state index >= 15 is 0 Å². The van der Waals surface area contributed by atoms with Crippen LogP contribution in [0.5, 0.6) is 5.75 Å². The summed E-state index contributed by atoms with van der Waals surface area (Å²) in [6, 6.07) is 10.7. The first kappa shape index (κ1) is 30.7. The summed E-state index contributed by atoms with van der Waals surface area (Å²) in [5.41, 5.74) is 1.16. The molecule has 0 bridgehead atoms. The molecule has 0 amide bonds. The molecule has 1 aliphatic carbocycles. The van der Waals surface area contributed by atoms with Crippen molar-refractivity contribution < 1.29 is 31.3 Å². The van der Waals surface area contributed by atoms with Crippen molar-refractivity contribution in [2.75, 3.05) is 43.6 Å². The van der Waals surface area contributed by atoms with Crippen LogP contribution in [-0.2, 0) is 11.0 Å². The molecule has 2 N–H and O–H groups in total. The van der Waals surface area contributed by atoms with Gasteiger partial charge >= 0.3 is 12.8 Å². The van der Waals surface area contributed by atoms with Crippen molar-refractivity contribution in [1.82, 2.24) is 4.90 Å². The average molecular weight is 626 g/mol. The quantitative estimate of drug-likeness (QED) is 0.148. The maximum atomic E-state index is 13.6. The second-order valence-electron chi connectivity index (χ2n) is 11.1. The van der Waals surface area contributed by atoms with Gasteiger partial charge in [0.2, 0.25) is 0 Å². The Bertz CT molecular complexity index is 1530. The number of likely N-dealkylation sites (tertiary alicyclic amines) is 1. The van der Waals surface area contributed by atoms with Crippen LogP contribution in [0.2, 0.25) is 0 Å². The van der Waals surface area contributed by atoms with Gasteiger partial charge in [-0.15, -0.1) is 11.3 Å². The van der Waals surface area contributed by atoms with Crippen LogP contribution in [0.25, 0.3) is 10.1 Å². The van der Waals surface area contributed by atoms with Gasteiger partial charge in [0.25, 0.3) is 0 Å². The maximum absolute atomic E-state index is 13.6. The van der Waals surface area contributed by atoms with Crippen LogP contribution in [0, 0.1) is 11.8 Å². The summed E-state index contributed by atoms with van der Waals surface area (Å²) >= 11 is 1.23. The first-order chi connectivity index (χ1) is 19.9. The number of fused-ring (bicyclic) bond motifs is 1. The zero-order valence-electron chi connectivity index (χ0n) is 23.4. The number of piperidine rings is 1. The van der Waals surface area contributed by atoms with Crippen molar-refractivity contribution >= 4 is 45.2 Å². The summed E-state index contributed by atoms with van der Waals surface area (Å²) < 4.78 is 84.6. The highest BCUT2D eigenvalue weighted by Gasteiger charge is 2.33. The molecule has 1 saturated carbocycles. The average Bonchev–Trinajstić information content (AvgIpc) is 3.70. The van der Waals surface area contributed by atoms with Crippen molar-refractivity contribution in [3.05, 3.63) is 46.8 Å². The van der Waals surface area contributed by atoms with E-state index in [0.717, 1.165) is 42.4 Å². The minimum absolute atomic E-state index is 0.0285. The van der Waals surface area contributed by atoms with Crippen LogP contribution >= 0.6 is 18.5 Å². The fourth-order valence-corrected chi connectivity index (χ4v) is 7.31. The van der Waals surface area contributed by atoms with Crippen LogP contribution in [0.1, 0.15) is 36.1 Å². The number of benzene rings is 2. The molecule has 2 fully saturated rings. The van der Waals surface area contributed by atoms with E-state index in [2.05, 4.69) is 32.1 Å². The van der Waals surface area contributed by atoms with E-state index in [0.29, 0.717) is 15.6 Å². The SMILES string of the molecule is CP(C)(=O)c1ccc(NCC#Cc2sc3c(NC4CCN(C5CC5)CC4)cccc3c2CC(F)(F)F)c(OC(F)F)c1. The van der Waals surface area contributed by atoms with Gasteiger partial charge in [-0.3, -0.25) is 0 Å². The summed E-state index contributed by atoms with van der Waals surface area (Å²) in [5, 5.41) is 7.39. The Balaban J connectivity index is 1.36. The van der Waals surface area contributed by atoms with Crippen molar-refractivity contribution in [2.24, 2.45) is 0 Å². The third kappa shape index (κ3) is 7.77. The molecule has 5 rings (SSSR count). The summed E-state index contributed by atoms with van der Waals surface area (Å²) in [7, 11) is -2.72. The molecular formula is C30H33F5N3O2PS. The highest BCUT2D eigenvalue weighted by molar-refractivity contribution is 7.70. The summed E-state index contributed by atoms with van der Waals surface area (Å²) in [5.74, 6) is 5.55. The van der Waals surface area contributed by atoms with Gasteiger partial charge in [-0.05, 0) is 74.2 Å². The molecule has 5 nitrogen and oxygen atoms in total. The van der Waals surface area contributed by atoms with Gasteiger partial charge in [-0.25, -0.2) is 0 Å². The number of alkyl halides is 5. The molecule has 0 radical (unpaired) electrons. The third-order valence-corrected chi connectivity index (χ3v) is 10.2. The second kappa shape index (κ2) is 12.4. The summed E-state index contributed by atoms with van der Waals surface area (Å²) in [6.07, 6.45) is -1.01. The monoisotopic (exact) mass is 625 g/mol. The summed E-state index contributed by atoms with van der Waals surface area (Å²) in [6.45, 7) is 1.98. The molecule has 42 heavy (non-hydrogen) atoms. The van der Waals surface area contributed by atoms with Gasteiger partial charge in [0.15, 0.2) is 0 Å². The first-order valence-electron chi connectivity index (χ1n) is 13.9. The highest BCUT2D eigenvalue weighted by Crippen LogP contribution is 2.40. The van der Waals surface area contributed by atoms with Gasteiger partial charge in [-0.1, -0.05) is 24.0 Å². The minimum Gasteiger partial charge on any atom is -0.433 e. The van der Waals surface area contributed by atoms with Crippen LogP contribution in [0.3, 0.4) is 0 Å². The standard InChI is InChI=1S/C30H33F5N3O2PS/c1-41(2,39)21-10-11-24(26(17-21)40-29(31)32)36-14-4-7-27-23(18-30(33,34)35)22-5-3-6-25(28(22)42-27)37-19-12-15-38(16-13-19)20-8-9-20/h3,5-6,10-11,17,19-20,29,36-37H,8-9,12-16,18H2,1-2H3. The van der Waals surface area contributed by atoms with E-state index in [1.54, 1.807) is 18.2 Å². The molecule has 3 aromatic rings. The van der Waals surface area contributed by atoms with Gasteiger partial charge < -0.3 is 24.8 Å². The Hall–Kier alpha value is -2.80. The van der Waals surface area contributed by atoms with Crippen LogP contribution < -0.4 is 20.7 Å². The molecule has 0 spiro atoms.